The van der Waals surface area contributed by atoms with Crippen LogP contribution in [0.15, 0.2) is 29.3 Å². The topological polar surface area (TPSA) is 55.6 Å². The van der Waals surface area contributed by atoms with Crippen molar-refractivity contribution >= 4 is 27.5 Å². The minimum absolute atomic E-state index is 0.0585. The summed E-state index contributed by atoms with van der Waals surface area (Å²) < 4.78 is 18.6. The highest BCUT2D eigenvalue weighted by Gasteiger charge is 2.18. The van der Waals surface area contributed by atoms with E-state index in [9.17, 15) is 9.18 Å². The zero-order valence-electron chi connectivity index (χ0n) is 10.7. The summed E-state index contributed by atoms with van der Waals surface area (Å²) in [6.07, 6.45) is 1.62. The van der Waals surface area contributed by atoms with Crippen molar-refractivity contribution in [1.29, 1.82) is 0 Å². The first-order valence-corrected chi connectivity index (χ1v) is 6.44. The molecule has 0 spiro atoms. The van der Waals surface area contributed by atoms with Crippen LogP contribution < -0.4 is 5.73 Å². The number of nitrogens with zero attached hydrogens (tertiary/aromatic N) is 1. The fourth-order valence-corrected chi connectivity index (χ4v) is 2.02. The lowest BCUT2D eigenvalue weighted by atomic mass is 10.1. The van der Waals surface area contributed by atoms with Gasteiger partial charge in [-0.2, -0.15) is 0 Å². The number of rotatable bonds is 6. The lowest BCUT2D eigenvalue weighted by Crippen LogP contribution is -2.34. The van der Waals surface area contributed by atoms with Crippen LogP contribution in [0.2, 0.25) is 0 Å². The molecule has 1 rings (SSSR count). The Hall–Kier alpha value is -1.40. The van der Waals surface area contributed by atoms with Gasteiger partial charge in [-0.05, 0) is 28.1 Å². The third-order valence-electron chi connectivity index (χ3n) is 2.52. The van der Waals surface area contributed by atoms with Gasteiger partial charge < -0.3 is 15.4 Å². The first-order chi connectivity index (χ1) is 9.01. The third-order valence-corrected chi connectivity index (χ3v) is 3.17. The highest BCUT2D eigenvalue weighted by molar-refractivity contribution is 9.10. The molecule has 1 aromatic rings. The summed E-state index contributed by atoms with van der Waals surface area (Å²) in [6.45, 7) is 4.82. The zero-order valence-corrected chi connectivity index (χ0v) is 12.2. The standard InChI is InChI=1S/C13H16BrFN2O2/c1-3-4-17(5-6-19-2)13(18)9-7-12(16)11(15)8-10(9)14/h3,7-8H,1,4-6,16H2,2H3. The molecule has 2 N–H and O–H groups in total. The minimum Gasteiger partial charge on any atom is -0.396 e. The van der Waals surface area contributed by atoms with Gasteiger partial charge >= 0.3 is 0 Å². The van der Waals surface area contributed by atoms with E-state index in [1.54, 1.807) is 18.1 Å². The Kier molecular flexibility index (Phi) is 5.98. The Morgan fingerprint density at radius 2 is 2.32 bits per heavy atom. The van der Waals surface area contributed by atoms with Crippen LogP contribution in [0.5, 0.6) is 0 Å². The Bertz CT molecular complexity index is 480. The second-order valence-corrected chi connectivity index (χ2v) is 4.74. The molecule has 0 aliphatic rings. The van der Waals surface area contributed by atoms with Crippen molar-refractivity contribution in [3.05, 3.63) is 40.6 Å². The number of ether oxygens (including phenoxy) is 1. The van der Waals surface area contributed by atoms with E-state index < -0.39 is 5.82 Å². The van der Waals surface area contributed by atoms with Crippen molar-refractivity contribution in [2.24, 2.45) is 0 Å². The molecule has 0 aliphatic heterocycles. The molecule has 0 atom stereocenters. The van der Waals surface area contributed by atoms with Crippen LogP contribution in [-0.4, -0.2) is 37.6 Å². The van der Waals surface area contributed by atoms with Crippen LogP contribution in [0.1, 0.15) is 10.4 Å². The van der Waals surface area contributed by atoms with Gasteiger partial charge in [0, 0.05) is 24.7 Å². The summed E-state index contributed by atoms with van der Waals surface area (Å²) in [5, 5.41) is 0. The molecule has 0 fully saturated rings. The first kappa shape index (κ1) is 15.7. The number of methoxy groups -OCH3 is 1. The molecule has 0 unspecified atom stereocenters. The number of hydrogen-bond acceptors (Lipinski definition) is 3. The van der Waals surface area contributed by atoms with Crippen LogP contribution in [0.3, 0.4) is 0 Å². The molecule has 0 heterocycles. The quantitative estimate of drug-likeness (QED) is 0.643. The largest absolute Gasteiger partial charge is 0.396 e. The number of nitrogen functional groups attached to an aromatic ring is 1. The molecule has 0 saturated carbocycles. The molecule has 1 aromatic carbocycles. The number of nitrogens with two attached hydrogens (primary N) is 1. The Morgan fingerprint density at radius 3 is 2.89 bits per heavy atom. The van der Waals surface area contributed by atoms with Crippen LogP contribution in [0.25, 0.3) is 0 Å². The number of halogens is 2. The third kappa shape index (κ3) is 4.04. The van der Waals surface area contributed by atoms with E-state index in [2.05, 4.69) is 22.5 Å². The molecule has 0 aromatic heterocycles. The van der Waals surface area contributed by atoms with Crippen LogP contribution >= 0.6 is 15.9 Å². The summed E-state index contributed by atoms with van der Waals surface area (Å²) in [7, 11) is 1.56. The average molecular weight is 331 g/mol. The fraction of sp³-hybridized carbons (Fsp3) is 0.308. The van der Waals surface area contributed by atoms with E-state index in [1.807, 2.05) is 0 Å². The molecule has 0 saturated heterocycles. The van der Waals surface area contributed by atoms with E-state index >= 15 is 0 Å². The van der Waals surface area contributed by atoms with Gasteiger partial charge in [-0.1, -0.05) is 6.08 Å². The van der Waals surface area contributed by atoms with Crippen molar-refractivity contribution in [3.63, 3.8) is 0 Å². The fourth-order valence-electron chi connectivity index (χ4n) is 1.53. The van der Waals surface area contributed by atoms with Gasteiger partial charge in [0.05, 0.1) is 17.9 Å². The predicted molar refractivity (Wildman–Crippen MR) is 76.5 cm³/mol. The minimum atomic E-state index is -0.560. The maximum Gasteiger partial charge on any atom is 0.255 e. The second-order valence-electron chi connectivity index (χ2n) is 3.89. The van der Waals surface area contributed by atoms with Crippen molar-refractivity contribution in [2.45, 2.75) is 0 Å². The molecule has 19 heavy (non-hydrogen) atoms. The van der Waals surface area contributed by atoms with Gasteiger partial charge in [-0.25, -0.2) is 4.39 Å². The number of carbonyl (C=O) groups is 1. The molecule has 6 heteroatoms. The molecule has 4 nitrogen and oxygen atoms in total. The predicted octanol–water partition coefficient (Wildman–Crippen LogP) is 2.45. The van der Waals surface area contributed by atoms with Crippen molar-refractivity contribution in [1.82, 2.24) is 4.90 Å². The normalized spacial score (nSPS) is 10.3. The number of amides is 1. The number of anilines is 1. The van der Waals surface area contributed by atoms with E-state index in [4.69, 9.17) is 10.5 Å². The van der Waals surface area contributed by atoms with E-state index in [0.717, 1.165) is 0 Å². The van der Waals surface area contributed by atoms with Gasteiger partial charge in [0.25, 0.3) is 5.91 Å². The van der Waals surface area contributed by atoms with Gasteiger partial charge in [0.1, 0.15) is 5.82 Å². The molecule has 0 aliphatic carbocycles. The van der Waals surface area contributed by atoms with Crippen LogP contribution in [0.4, 0.5) is 10.1 Å². The summed E-state index contributed by atoms with van der Waals surface area (Å²) in [4.78, 5) is 13.9. The summed E-state index contributed by atoms with van der Waals surface area (Å²) >= 11 is 3.17. The van der Waals surface area contributed by atoms with E-state index in [1.165, 1.54) is 12.1 Å². The van der Waals surface area contributed by atoms with Crippen LogP contribution in [-0.2, 0) is 4.74 Å². The Labute approximate surface area is 120 Å². The summed E-state index contributed by atoms with van der Waals surface area (Å²) in [5.41, 5.74) is 5.75. The molecule has 0 bridgehead atoms. The zero-order chi connectivity index (χ0) is 14.4. The second kappa shape index (κ2) is 7.25. The highest BCUT2D eigenvalue weighted by atomic mass is 79.9. The lowest BCUT2D eigenvalue weighted by molar-refractivity contribution is 0.0717. The summed E-state index contributed by atoms with van der Waals surface area (Å²) in [6, 6.07) is 2.51. The Morgan fingerprint density at radius 1 is 1.63 bits per heavy atom. The number of hydrogen-bond donors (Lipinski definition) is 1. The maximum atomic E-state index is 13.3. The highest BCUT2D eigenvalue weighted by Crippen LogP contribution is 2.24. The maximum absolute atomic E-state index is 13.3. The Balaban J connectivity index is 3.01. The average Bonchev–Trinajstić information content (AvgIpc) is 2.38. The number of benzene rings is 1. The van der Waals surface area contributed by atoms with Crippen molar-refractivity contribution < 1.29 is 13.9 Å². The lowest BCUT2D eigenvalue weighted by Gasteiger charge is -2.21. The van der Waals surface area contributed by atoms with E-state index in [0.29, 0.717) is 29.7 Å². The molecule has 1 amide bonds. The van der Waals surface area contributed by atoms with Gasteiger partial charge in [0.2, 0.25) is 0 Å². The van der Waals surface area contributed by atoms with Gasteiger partial charge in [0.15, 0.2) is 0 Å². The smallest absolute Gasteiger partial charge is 0.255 e. The molecular formula is C13H16BrFN2O2. The van der Waals surface area contributed by atoms with E-state index in [-0.39, 0.29) is 11.6 Å². The first-order valence-electron chi connectivity index (χ1n) is 5.64. The van der Waals surface area contributed by atoms with Crippen molar-refractivity contribution in [3.8, 4) is 0 Å². The van der Waals surface area contributed by atoms with Crippen molar-refractivity contribution in [2.75, 3.05) is 32.5 Å². The van der Waals surface area contributed by atoms with Gasteiger partial charge in [-0.3, -0.25) is 4.79 Å². The monoisotopic (exact) mass is 330 g/mol. The number of carbonyl (C=O) groups excluding carboxylic acids is 1. The SMILES string of the molecule is C=CCN(CCOC)C(=O)c1cc(N)c(F)cc1Br. The van der Waals surface area contributed by atoms with Gasteiger partial charge in [-0.15, -0.1) is 6.58 Å². The molecule has 104 valence electrons. The summed E-state index contributed by atoms with van der Waals surface area (Å²) in [5.74, 6) is -0.814. The molecule has 0 radical (unpaired) electrons. The molecular weight excluding hydrogens is 315 g/mol. The van der Waals surface area contributed by atoms with Crippen LogP contribution in [0, 0.1) is 5.82 Å².